The van der Waals surface area contributed by atoms with Crippen molar-refractivity contribution in [3.63, 3.8) is 0 Å². The molecule has 0 saturated heterocycles. The zero-order valence-electron chi connectivity index (χ0n) is 14.2. The molecule has 1 aliphatic rings. The van der Waals surface area contributed by atoms with Gasteiger partial charge in [-0.3, -0.25) is 4.79 Å². The van der Waals surface area contributed by atoms with E-state index in [2.05, 4.69) is 29.8 Å². The van der Waals surface area contributed by atoms with Crippen LogP contribution in [0.5, 0.6) is 0 Å². The maximum Gasteiger partial charge on any atom is 0.248 e. The highest BCUT2D eigenvalue weighted by Crippen LogP contribution is 2.38. The Bertz CT molecular complexity index is 954. The van der Waals surface area contributed by atoms with Crippen LogP contribution in [-0.4, -0.2) is 18.9 Å². The van der Waals surface area contributed by atoms with E-state index >= 15 is 0 Å². The minimum Gasteiger partial charge on any atom is -0.346 e. The topological polar surface area (TPSA) is 94.2 Å². The second-order valence-electron chi connectivity index (χ2n) is 6.32. The second kappa shape index (κ2) is 6.50. The van der Waals surface area contributed by atoms with Crippen LogP contribution in [0.15, 0.2) is 41.3 Å². The number of amides is 1. The molecule has 1 aromatic heterocycles. The van der Waals surface area contributed by atoms with Gasteiger partial charge in [0, 0.05) is 29.2 Å². The largest absolute Gasteiger partial charge is 0.346 e. The average molecular weight is 359 g/mol. The second-order valence-corrected chi connectivity index (χ2v) is 7.88. The molecule has 0 aliphatic heterocycles. The fraction of sp³-hybridized carbons (Fsp3) is 0.278. The number of nitrogens with zero attached hydrogens (tertiary/aromatic N) is 1. The van der Waals surface area contributed by atoms with Gasteiger partial charge in [0.15, 0.2) is 0 Å². The Morgan fingerprint density at radius 3 is 2.64 bits per heavy atom. The predicted molar refractivity (Wildman–Crippen MR) is 97.7 cm³/mol. The SMILES string of the molecule is Cc1cc(/C=C/C(=O)Nc2cccc(S(N)(=O)=O)c2)c(C)n1C1CC1. The highest BCUT2D eigenvalue weighted by atomic mass is 32.2. The van der Waals surface area contributed by atoms with Gasteiger partial charge in [0.1, 0.15) is 0 Å². The van der Waals surface area contributed by atoms with Crippen LogP contribution in [0.25, 0.3) is 6.08 Å². The van der Waals surface area contributed by atoms with Crippen molar-refractivity contribution in [3.05, 3.63) is 53.4 Å². The third-order valence-electron chi connectivity index (χ3n) is 4.28. The summed E-state index contributed by atoms with van der Waals surface area (Å²) in [7, 11) is -3.80. The molecule has 3 N–H and O–H groups in total. The van der Waals surface area contributed by atoms with E-state index in [1.54, 1.807) is 12.1 Å². The molecule has 1 fully saturated rings. The van der Waals surface area contributed by atoms with Crippen LogP contribution in [0, 0.1) is 13.8 Å². The van der Waals surface area contributed by atoms with Crippen molar-refractivity contribution >= 4 is 27.7 Å². The molecular weight excluding hydrogens is 338 g/mol. The van der Waals surface area contributed by atoms with Crippen LogP contribution in [0.1, 0.15) is 35.8 Å². The lowest BCUT2D eigenvalue weighted by molar-refractivity contribution is -0.111. The number of primary sulfonamides is 1. The van der Waals surface area contributed by atoms with E-state index < -0.39 is 10.0 Å². The maximum atomic E-state index is 12.1. The molecule has 1 aromatic carbocycles. The van der Waals surface area contributed by atoms with Gasteiger partial charge in [-0.15, -0.1) is 0 Å². The molecule has 3 rings (SSSR count). The molecule has 2 aromatic rings. The molecule has 0 bridgehead atoms. The molecule has 0 spiro atoms. The first-order valence-corrected chi connectivity index (χ1v) is 9.60. The van der Waals surface area contributed by atoms with Crippen LogP contribution >= 0.6 is 0 Å². The number of nitrogens with two attached hydrogens (primary N) is 1. The van der Waals surface area contributed by atoms with Gasteiger partial charge in [-0.2, -0.15) is 0 Å². The fourth-order valence-corrected chi connectivity index (χ4v) is 3.53. The molecule has 25 heavy (non-hydrogen) atoms. The summed E-state index contributed by atoms with van der Waals surface area (Å²) in [4.78, 5) is 12.1. The van der Waals surface area contributed by atoms with Crippen molar-refractivity contribution in [2.24, 2.45) is 5.14 Å². The molecule has 1 heterocycles. The van der Waals surface area contributed by atoms with Crippen LogP contribution in [0.2, 0.25) is 0 Å². The van der Waals surface area contributed by atoms with Gasteiger partial charge in [0.2, 0.25) is 15.9 Å². The van der Waals surface area contributed by atoms with Crippen molar-refractivity contribution in [2.45, 2.75) is 37.6 Å². The number of aromatic nitrogens is 1. The van der Waals surface area contributed by atoms with Crippen molar-refractivity contribution in [1.29, 1.82) is 0 Å². The highest BCUT2D eigenvalue weighted by molar-refractivity contribution is 7.89. The number of benzene rings is 1. The summed E-state index contributed by atoms with van der Waals surface area (Å²) >= 11 is 0. The number of anilines is 1. The smallest absolute Gasteiger partial charge is 0.248 e. The summed E-state index contributed by atoms with van der Waals surface area (Å²) in [5.41, 5.74) is 3.74. The van der Waals surface area contributed by atoms with E-state index in [9.17, 15) is 13.2 Å². The van der Waals surface area contributed by atoms with Crippen LogP contribution in [-0.2, 0) is 14.8 Å². The molecule has 132 valence electrons. The number of rotatable bonds is 5. The Kier molecular flexibility index (Phi) is 4.53. The van der Waals surface area contributed by atoms with Gasteiger partial charge in [0.25, 0.3) is 0 Å². The average Bonchev–Trinajstić information content (AvgIpc) is 3.31. The number of aryl methyl sites for hydroxylation is 1. The molecule has 1 amide bonds. The summed E-state index contributed by atoms with van der Waals surface area (Å²) in [5, 5.41) is 7.75. The number of carbonyl (C=O) groups is 1. The first-order valence-electron chi connectivity index (χ1n) is 8.06. The van der Waals surface area contributed by atoms with E-state index in [1.807, 2.05) is 0 Å². The van der Waals surface area contributed by atoms with E-state index in [-0.39, 0.29) is 10.8 Å². The van der Waals surface area contributed by atoms with Crippen molar-refractivity contribution in [3.8, 4) is 0 Å². The fourth-order valence-electron chi connectivity index (χ4n) is 2.97. The van der Waals surface area contributed by atoms with E-state index in [1.165, 1.54) is 42.8 Å². The zero-order chi connectivity index (χ0) is 18.2. The van der Waals surface area contributed by atoms with Crippen molar-refractivity contribution in [1.82, 2.24) is 4.57 Å². The Hall–Kier alpha value is -2.38. The molecule has 1 saturated carbocycles. The van der Waals surface area contributed by atoms with Crippen LogP contribution < -0.4 is 10.5 Å². The molecule has 0 unspecified atom stereocenters. The minimum absolute atomic E-state index is 0.0396. The lowest BCUT2D eigenvalue weighted by Crippen LogP contribution is -2.13. The Labute approximate surface area is 147 Å². The number of nitrogens with one attached hydrogen (secondary N) is 1. The highest BCUT2D eigenvalue weighted by Gasteiger charge is 2.26. The van der Waals surface area contributed by atoms with E-state index in [0.717, 1.165) is 11.3 Å². The van der Waals surface area contributed by atoms with Gasteiger partial charge >= 0.3 is 0 Å². The third kappa shape index (κ3) is 4.00. The van der Waals surface area contributed by atoms with Crippen molar-refractivity contribution in [2.75, 3.05) is 5.32 Å². The Morgan fingerprint density at radius 1 is 1.28 bits per heavy atom. The Balaban J connectivity index is 1.73. The van der Waals surface area contributed by atoms with E-state index in [0.29, 0.717) is 11.7 Å². The lowest BCUT2D eigenvalue weighted by Gasteiger charge is -2.06. The summed E-state index contributed by atoms with van der Waals surface area (Å²) in [6.07, 6.45) is 5.64. The Morgan fingerprint density at radius 2 is 2.00 bits per heavy atom. The van der Waals surface area contributed by atoms with Crippen LogP contribution in [0.4, 0.5) is 5.69 Å². The lowest BCUT2D eigenvalue weighted by atomic mass is 10.2. The summed E-state index contributed by atoms with van der Waals surface area (Å²) in [6.45, 7) is 4.12. The molecule has 6 nitrogen and oxygen atoms in total. The van der Waals surface area contributed by atoms with Gasteiger partial charge < -0.3 is 9.88 Å². The number of carbonyl (C=O) groups excluding carboxylic acids is 1. The molecule has 1 aliphatic carbocycles. The monoisotopic (exact) mass is 359 g/mol. The van der Waals surface area contributed by atoms with Crippen molar-refractivity contribution < 1.29 is 13.2 Å². The molecule has 7 heteroatoms. The number of hydrogen-bond acceptors (Lipinski definition) is 3. The summed E-state index contributed by atoms with van der Waals surface area (Å²) in [5.74, 6) is -0.331. The first kappa shape index (κ1) is 17.4. The normalized spacial score (nSPS) is 14.8. The van der Waals surface area contributed by atoms with Gasteiger partial charge in [0.05, 0.1) is 4.90 Å². The number of hydrogen-bond donors (Lipinski definition) is 2. The quantitative estimate of drug-likeness (QED) is 0.804. The summed E-state index contributed by atoms with van der Waals surface area (Å²) < 4.78 is 25.0. The predicted octanol–water partition coefficient (Wildman–Crippen LogP) is 2.74. The van der Waals surface area contributed by atoms with Gasteiger partial charge in [-0.05, 0) is 62.6 Å². The van der Waals surface area contributed by atoms with Gasteiger partial charge in [-0.1, -0.05) is 6.07 Å². The minimum atomic E-state index is -3.80. The van der Waals surface area contributed by atoms with E-state index in [4.69, 9.17) is 5.14 Å². The molecule has 0 atom stereocenters. The third-order valence-corrected chi connectivity index (χ3v) is 5.19. The van der Waals surface area contributed by atoms with Gasteiger partial charge in [-0.25, -0.2) is 13.6 Å². The maximum absolute atomic E-state index is 12.1. The number of sulfonamides is 1. The van der Waals surface area contributed by atoms with Crippen LogP contribution in [0.3, 0.4) is 0 Å². The molecule has 0 radical (unpaired) electrons. The summed E-state index contributed by atoms with van der Waals surface area (Å²) in [6, 6.07) is 8.52. The zero-order valence-corrected chi connectivity index (χ0v) is 15.0. The molecular formula is C18H21N3O3S. The standard InChI is InChI=1S/C18H21N3O3S/c1-12-10-14(13(2)21(12)16-7-8-16)6-9-18(22)20-15-4-3-5-17(11-15)25(19,23)24/h3-6,9-11,16H,7-8H2,1-2H3,(H,20,22)(H2,19,23,24)/b9-6+. The first-order chi connectivity index (χ1) is 11.8.